The molecule has 0 aromatic heterocycles. The summed E-state index contributed by atoms with van der Waals surface area (Å²) in [6, 6.07) is 0.898. The van der Waals surface area contributed by atoms with E-state index in [1.54, 1.807) is 4.90 Å². The van der Waals surface area contributed by atoms with Gasteiger partial charge >= 0.3 is 6.09 Å². The molecule has 1 amide bonds. The molecule has 1 heterocycles. The number of hydrogen-bond acceptors (Lipinski definition) is 2. The maximum Gasteiger partial charge on any atom is 0.407 e. The van der Waals surface area contributed by atoms with Crippen molar-refractivity contribution >= 4 is 6.09 Å². The van der Waals surface area contributed by atoms with Gasteiger partial charge in [0, 0.05) is 25.2 Å². The monoisotopic (exact) mass is 184 g/mol. The average molecular weight is 184 g/mol. The van der Waals surface area contributed by atoms with Crippen LogP contribution in [0.4, 0.5) is 4.79 Å². The van der Waals surface area contributed by atoms with Gasteiger partial charge in [-0.2, -0.15) is 0 Å². The minimum Gasteiger partial charge on any atom is -0.465 e. The van der Waals surface area contributed by atoms with Gasteiger partial charge in [0.2, 0.25) is 0 Å². The Morgan fingerprint density at radius 2 is 2.23 bits per heavy atom. The first-order valence-corrected chi connectivity index (χ1v) is 5.00. The molecular weight excluding hydrogens is 168 g/mol. The number of nitrogens with zero attached hydrogens (tertiary/aromatic N) is 1. The van der Waals surface area contributed by atoms with Crippen molar-refractivity contribution in [2.75, 3.05) is 13.1 Å². The molecule has 4 heteroatoms. The molecule has 1 aliphatic heterocycles. The van der Waals surface area contributed by atoms with Crippen LogP contribution in [0.3, 0.4) is 0 Å². The van der Waals surface area contributed by atoms with E-state index in [0.717, 1.165) is 19.4 Å². The van der Waals surface area contributed by atoms with Gasteiger partial charge in [0.05, 0.1) is 0 Å². The molecule has 2 rings (SSSR count). The Morgan fingerprint density at radius 1 is 1.46 bits per heavy atom. The Balaban J connectivity index is 1.78. The van der Waals surface area contributed by atoms with Crippen molar-refractivity contribution in [3.05, 3.63) is 0 Å². The van der Waals surface area contributed by atoms with Crippen LogP contribution in [0.25, 0.3) is 0 Å². The zero-order chi connectivity index (χ0) is 9.26. The van der Waals surface area contributed by atoms with Crippen LogP contribution in [0.15, 0.2) is 0 Å². The SMILES string of the molecule is O=C(O)N1CCCC1CNC1CC1. The summed E-state index contributed by atoms with van der Waals surface area (Å²) in [7, 11) is 0. The topological polar surface area (TPSA) is 52.6 Å². The van der Waals surface area contributed by atoms with E-state index in [9.17, 15) is 4.79 Å². The maximum atomic E-state index is 10.8. The van der Waals surface area contributed by atoms with Crippen molar-refractivity contribution in [2.24, 2.45) is 0 Å². The van der Waals surface area contributed by atoms with E-state index >= 15 is 0 Å². The van der Waals surface area contributed by atoms with Gasteiger partial charge in [-0.05, 0) is 25.7 Å². The van der Waals surface area contributed by atoms with Gasteiger partial charge in [-0.3, -0.25) is 0 Å². The van der Waals surface area contributed by atoms with Gasteiger partial charge in [0.15, 0.2) is 0 Å². The summed E-state index contributed by atoms with van der Waals surface area (Å²) in [5, 5.41) is 12.2. The Bertz CT molecular complexity index is 204. The molecule has 0 aromatic rings. The third-order valence-electron chi connectivity index (χ3n) is 2.84. The summed E-state index contributed by atoms with van der Waals surface area (Å²) in [4.78, 5) is 12.3. The number of carboxylic acid groups (broad SMARTS) is 1. The minimum absolute atomic E-state index is 0.220. The van der Waals surface area contributed by atoms with Crippen LogP contribution in [0, 0.1) is 0 Å². The fourth-order valence-corrected chi connectivity index (χ4v) is 1.89. The lowest BCUT2D eigenvalue weighted by Crippen LogP contribution is -2.41. The lowest BCUT2D eigenvalue weighted by atomic mass is 10.2. The molecule has 0 radical (unpaired) electrons. The van der Waals surface area contributed by atoms with E-state index < -0.39 is 6.09 Å². The quantitative estimate of drug-likeness (QED) is 0.684. The van der Waals surface area contributed by atoms with Gasteiger partial charge < -0.3 is 15.3 Å². The number of rotatable bonds is 3. The molecule has 2 fully saturated rings. The molecule has 0 bridgehead atoms. The average Bonchev–Trinajstić information content (AvgIpc) is 2.79. The normalized spacial score (nSPS) is 28.0. The number of amides is 1. The van der Waals surface area contributed by atoms with Crippen LogP contribution in [0.1, 0.15) is 25.7 Å². The highest BCUT2D eigenvalue weighted by molar-refractivity contribution is 5.65. The summed E-state index contributed by atoms with van der Waals surface area (Å²) in [5.41, 5.74) is 0. The van der Waals surface area contributed by atoms with Crippen molar-refractivity contribution in [2.45, 2.75) is 37.8 Å². The Morgan fingerprint density at radius 3 is 2.85 bits per heavy atom. The van der Waals surface area contributed by atoms with Gasteiger partial charge in [-0.1, -0.05) is 0 Å². The van der Waals surface area contributed by atoms with E-state index in [0.29, 0.717) is 12.6 Å². The molecule has 1 unspecified atom stereocenters. The van der Waals surface area contributed by atoms with E-state index in [4.69, 9.17) is 5.11 Å². The molecule has 1 aliphatic carbocycles. The molecular formula is C9H16N2O2. The Labute approximate surface area is 77.9 Å². The highest BCUT2D eigenvalue weighted by Crippen LogP contribution is 2.21. The number of hydrogen-bond donors (Lipinski definition) is 2. The van der Waals surface area contributed by atoms with E-state index in [-0.39, 0.29) is 6.04 Å². The summed E-state index contributed by atoms with van der Waals surface area (Å²) in [6.45, 7) is 1.56. The molecule has 4 nitrogen and oxygen atoms in total. The lowest BCUT2D eigenvalue weighted by Gasteiger charge is -2.21. The zero-order valence-corrected chi connectivity index (χ0v) is 7.70. The number of carbonyl (C=O) groups is 1. The zero-order valence-electron chi connectivity index (χ0n) is 7.70. The third-order valence-corrected chi connectivity index (χ3v) is 2.84. The molecule has 2 N–H and O–H groups in total. The van der Waals surface area contributed by atoms with Crippen molar-refractivity contribution < 1.29 is 9.90 Å². The molecule has 13 heavy (non-hydrogen) atoms. The minimum atomic E-state index is -0.764. The van der Waals surface area contributed by atoms with Crippen LogP contribution in [0.5, 0.6) is 0 Å². The maximum absolute atomic E-state index is 10.8. The van der Waals surface area contributed by atoms with E-state index in [2.05, 4.69) is 5.32 Å². The summed E-state index contributed by atoms with van der Waals surface area (Å²) < 4.78 is 0. The van der Waals surface area contributed by atoms with Crippen molar-refractivity contribution in [3.63, 3.8) is 0 Å². The van der Waals surface area contributed by atoms with Crippen LogP contribution < -0.4 is 5.32 Å². The largest absolute Gasteiger partial charge is 0.465 e. The van der Waals surface area contributed by atoms with E-state index in [1.165, 1.54) is 12.8 Å². The smallest absolute Gasteiger partial charge is 0.407 e. The van der Waals surface area contributed by atoms with Crippen LogP contribution in [-0.2, 0) is 0 Å². The fourth-order valence-electron chi connectivity index (χ4n) is 1.89. The first-order valence-electron chi connectivity index (χ1n) is 5.00. The number of nitrogens with one attached hydrogen (secondary N) is 1. The fraction of sp³-hybridized carbons (Fsp3) is 0.889. The third kappa shape index (κ3) is 2.12. The standard InChI is InChI=1S/C9H16N2O2/c12-9(13)11-5-1-2-8(11)6-10-7-3-4-7/h7-8,10H,1-6H2,(H,12,13). The summed E-state index contributed by atoms with van der Waals surface area (Å²) >= 11 is 0. The Kier molecular flexibility index (Phi) is 2.40. The van der Waals surface area contributed by atoms with Crippen molar-refractivity contribution in [1.82, 2.24) is 10.2 Å². The second kappa shape index (κ2) is 3.54. The van der Waals surface area contributed by atoms with Crippen molar-refractivity contribution in [1.29, 1.82) is 0 Å². The molecule has 0 aromatic carbocycles. The van der Waals surface area contributed by atoms with Gasteiger partial charge in [-0.25, -0.2) is 4.79 Å². The molecule has 1 saturated carbocycles. The lowest BCUT2D eigenvalue weighted by molar-refractivity contribution is 0.139. The van der Waals surface area contributed by atoms with Gasteiger partial charge in [0.25, 0.3) is 0 Å². The molecule has 1 atom stereocenters. The molecule has 74 valence electrons. The second-order valence-corrected chi connectivity index (χ2v) is 3.95. The van der Waals surface area contributed by atoms with Crippen LogP contribution in [-0.4, -0.2) is 41.3 Å². The Hall–Kier alpha value is -0.770. The first kappa shape index (κ1) is 8.81. The summed E-state index contributed by atoms with van der Waals surface area (Å²) in [5.74, 6) is 0. The molecule has 2 aliphatic rings. The first-order chi connectivity index (χ1) is 6.27. The van der Waals surface area contributed by atoms with Gasteiger partial charge in [-0.15, -0.1) is 0 Å². The van der Waals surface area contributed by atoms with Crippen LogP contribution in [0.2, 0.25) is 0 Å². The highest BCUT2D eigenvalue weighted by atomic mass is 16.4. The number of likely N-dealkylation sites (tertiary alicyclic amines) is 1. The molecule has 0 spiro atoms. The van der Waals surface area contributed by atoms with Crippen molar-refractivity contribution in [3.8, 4) is 0 Å². The van der Waals surface area contributed by atoms with Crippen LogP contribution >= 0.6 is 0 Å². The highest BCUT2D eigenvalue weighted by Gasteiger charge is 2.30. The van der Waals surface area contributed by atoms with Gasteiger partial charge in [0.1, 0.15) is 0 Å². The second-order valence-electron chi connectivity index (χ2n) is 3.95. The predicted octanol–water partition coefficient (Wildman–Crippen LogP) is 0.881. The summed E-state index contributed by atoms with van der Waals surface area (Å²) in [6.07, 6.45) is 3.80. The van der Waals surface area contributed by atoms with E-state index in [1.807, 2.05) is 0 Å². The predicted molar refractivity (Wildman–Crippen MR) is 48.8 cm³/mol. The molecule has 1 saturated heterocycles.